The minimum atomic E-state index is -0.350. The molecule has 1 saturated carbocycles. The fourth-order valence-electron chi connectivity index (χ4n) is 2.57. The predicted molar refractivity (Wildman–Crippen MR) is 87.2 cm³/mol. The van der Waals surface area contributed by atoms with Gasteiger partial charge in [-0.3, -0.25) is 10.1 Å². The van der Waals surface area contributed by atoms with Crippen LogP contribution in [0.5, 0.6) is 0 Å². The highest BCUT2D eigenvalue weighted by atomic mass is 79.9. The van der Waals surface area contributed by atoms with Gasteiger partial charge in [0.15, 0.2) is 0 Å². The smallest absolute Gasteiger partial charge is 0.283 e. The summed E-state index contributed by atoms with van der Waals surface area (Å²) < 4.78 is 0.534. The highest BCUT2D eigenvalue weighted by Gasteiger charge is 2.20. The summed E-state index contributed by atoms with van der Waals surface area (Å²) in [7, 11) is 0. The monoisotopic (exact) mass is 358 g/mol. The van der Waals surface area contributed by atoms with Crippen LogP contribution < -0.4 is 5.32 Å². The number of nitrogens with one attached hydrogen (secondary N) is 1. The third-order valence-electron chi connectivity index (χ3n) is 3.81. The number of hydrogen-bond donors (Lipinski definition) is 1. The van der Waals surface area contributed by atoms with Gasteiger partial charge in [-0.1, -0.05) is 6.07 Å². The molecule has 0 amide bonds. The lowest BCUT2D eigenvalue weighted by molar-refractivity contribution is -0.385. The molecular weight excluding hydrogens is 340 g/mol. The molecule has 0 aromatic heterocycles. The van der Waals surface area contributed by atoms with Crippen molar-refractivity contribution in [3.63, 3.8) is 0 Å². The Morgan fingerprint density at radius 2 is 2.10 bits per heavy atom. The summed E-state index contributed by atoms with van der Waals surface area (Å²) >= 11 is 5.17. The van der Waals surface area contributed by atoms with Crippen LogP contribution in [0.1, 0.15) is 31.2 Å². The van der Waals surface area contributed by atoms with E-state index < -0.39 is 0 Å². The molecule has 0 unspecified atom stereocenters. The average molecular weight is 359 g/mol. The van der Waals surface area contributed by atoms with Crippen molar-refractivity contribution in [1.82, 2.24) is 5.32 Å². The van der Waals surface area contributed by atoms with Crippen molar-refractivity contribution >= 4 is 33.4 Å². The molecule has 1 aromatic rings. The van der Waals surface area contributed by atoms with Gasteiger partial charge in [-0.05, 0) is 59.5 Å². The van der Waals surface area contributed by atoms with Crippen molar-refractivity contribution < 1.29 is 4.92 Å². The molecule has 110 valence electrons. The van der Waals surface area contributed by atoms with Gasteiger partial charge in [0.1, 0.15) is 0 Å². The number of hydrogen-bond acceptors (Lipinski definition) is 4. The lowest BCUT2D eigenvalue weighted by Gasteiger charge is -2.28. The highest BCUT2D eigenvalue weighted by molar-refractivity contribution is 9.10. The van der Waals surface area contributed by atoms with Crippen molar-refractivity contribution in [2.75, 3.05) is 6.26 Å². The van der Waals surface area contributed by atoms with Crippen molar-refractivity contribution in [2.24, 2.45) is 0 Å². The Morgan fingerprint density at radius 1 is 1.40 bits per heavy atom. The summed E-state index contributed by atoms with van der Waals surface area (Å²) in [6.07, 6.45) is 7.10. The van der Waals surface area contributed by atoms with Crippen molar-refractivity contribution in [1.29, 1.82) is 0 Å². The summed E-state index contributed by atoms with van der Waals surface area (Å²) in [6, 6.07) is 5.86. The summed E-state index contributed by atoms with van der Waals surface area (Å²) in [5.41, 5.74) is 1.10. The van der Waals surface area contributed by atoms with Crippen LogP contribution >= 0.6 is 27.7 Å². The van der Waals surface area contributed by atoms with Gasteiger partial charge in [-0.15, -0.1) is 0 Å². The Morgan fingerprint density at radius 3 is 2.70 bits per heavy atom. The van der Waals surface area contributed by atoms with Gasteiger partial charge in [0.25, 0.3) is 5.69 Å². The zero-order valence-electron chi connectivity index (χ0n) is 11.5. The molecule has 1 aliphatic carbocycles. The van der Waals surface area contributed by atoms with Crippen LogP contribution in [0.3, 0.4) is 0 Å². The molecule has 0 aliphatic heterocycles. The average Bonchev–Trinajstić information content (AvgIpc) is 2.46. The number of nitro benzene ring substituents is 1. The molecule has 0 saturated heterocycles. The zero-order chi connectivity index (χ0) is 14.5. The molecule has 0 atom stereocenters. The Labute approximate surface area is 132 Å². The quantitative estimate of drug-likeness (QED) is 0.635. The summed E-state index contributed by atoms with van der Waals surface area (Å²) in [5.74, 6) is 0. The molecule has 0 heterocycles. The SMILES string of the molecule is CSC1CCC(NCc2ccc(Br)c([N+](=O)[O-])c2)CC1. The molecular formula is C14H19BrN2O2S. The molecule has 2 rings (SSSR count). The minimum absolute atomic E-state index is 0.135. The van der Waals surface area contributed by atoms with E-state index in [-0.39, 0.29) is 10.6 Å². The second-order valence-electron chi connectivity index (χ2n) is 5.13. The predicted octanol–water partition coefficient (Wildman–Crippen LogP) is 4.12. The largest absolute Gasteiger partial charge is 0.310 e. The van der Waals surface area contributed by atoms with Crippen LogP contribution in [0.15, 0.2) is 22.7 Å². The third-order valence-corrected chi connectivity index (χ3v) is 5.62. The highest BCUT2D eigenvalue weighted by Crippen LogP contribution is 2.28. The van der Waals surface area contributed by atoms with Gasteiger partial charge in [0.05, 0.1) is 9.40 Å². The molecule has 4 nitrogen and oxygen atoms in total. The standard InChI is InChI=1S/C14H19BrN2O2S/c1-20-12-5-3-11(4-6-12)16-9-10-2-7-13(15)14(8-10)17(18)19/h2,7-8,11-12,16H,3-6,9H2,1H3. The van der Waals surface area contributed by atoms with Gasteiger partial charge in [0, 0.05) is 23.9 Å². The molecule has 1 aromatic carbocycles. The zero-order valence-corrected chi connectivity index (χ0v) is 13.9. The third kappa shape index (κ3) is 4.20. The van der Waals surface area contributed by atoms with Crippen molar-refractivity contribution in [2.45, 2.75) is 43.5 Å². The molecule has 0 spiro atoms. The number of nitrogens with zero attached hydrogens (tertiary/aromatic N) is 1. The van der Waals surface area contributed by atoms with Gasteiger partial charge in [0.2, 0.25) is 0 Å². The minimum Gasteiger partial charge on any atom is -0.310 e. The van der Waals surface area contributed by atoms with Gasteiger partial charge >= 0.3 is 0 Å². The van der Waals surface area contributed by atoms with E-state index in [0.717, 1.165) is 10.8 Å². The van der Waals surface area contributed by atoms with Gasteiger partial charge in [-0.25, -0.2) is 0 Å². The van der Waals surface area contributed by atoms with Crippen LogP contribution in [0.2, 0.25) is 0 Å². The van der Waals surface area contributed by atoms with Crippen molar-refractivity contribution in [3.05, 3.63) is 38.3 Å². The van der Waals surface area contributed by atoms with Gasteiger partial charge < -0.3 is 5.32 Å². The van der Waals surface area contributed by atoms with Gasteiger partial charge in [-0.2, -0.15) is 11.8 Å². The maximum atomic E-state index is 10.9. The van der Waals surface area contributed by atoms with Crippen LogP contribution in [0, 0.1) is 10.1 Å². The molecule has 20 heavy (non-hydrogen) atoms. The maximum Gasteiger partial charge on any atom is 0.283 e. The van der Waals surface area contributed by atoms with E-state index in [0.29, 0.717) is 17.1 Å². The van der Waals surface area contributed by atoms with Crippen LogP contribution in [0.25, 0.3) is 0 Å². The Bertz CT molecular complexity index is 476. The number of nitro groups is 1. The molecule has 6 heteroatoms. The van der Waals surface area contributed by atoms with E-state index in [2.05, 4.69) is 27.5 Å². The van der Waals surface area contributed by atoms with Crippen LogP contribution in [0.4, 0.5) is 5.69 Å². The molecule has 1 fully saturated rings. The molecule has 1 N–H and O–H groups in total. The number of rotatable bonds is 5. The number of halogens is 1. The van der Waals surface area contributed by atoms with Crippen molar-refractivity contribution in [3.8, 4) is 0 Å². The van der Waals surface area contributed by atoms with E-state index in [9.17, 15) is 10.1 Å². The van der Waals surface area contributed by atoms with E-state index >= 15 is 0 Å². The maximum absolute atomic E-state index is 10.9. The normalized spacial score (nSPS) is 22.7. The fraction of sp³-hybridized carbons (Fsp3) is 0.571. The Hall–Kier alpha value is -0.590. The summed E-state index contributed by atoms with van der Waals surface area (Å²) in [4.78, 5) is 10.6. The summed E-state index contributed by atoms with van der Waals surface area (Å²) in [5, 5.41) is 15.2. The molecule has 1 aliphatic rings. The van der Waals surface area contributed by atoms with E-state index in [1.54, 1.807) is 12.1 Å². The first-order chi connectivity index (χ1) is 9.60. The summed E-state index contributed by atoms with van der Waals surface area (Å²) in [6.45, 7) is 0.697. The Balaban J connectivity index is 1.88. The first kappa shape index (κ1) is 15.8. The van der Waals surface area contributed by atoms with Crippen LogP contribution in [-0.4, -0.2) is 22.5 Å². The van der Waals surface area contributed by atoms with E-state index in [4.69, 9.17) is 0 Å². The number of thioether (sulfide) groups is 1. The lowest BCUT2D eigenvalue weighted by atomic mass is 9.95. The fourth-order valence-corrected chi connectivity index (χ4v) is 3.71. The first-order valence-electron chi connectivity index (χ1n) is 6.79. The van der Waals surface area contributed by atoms with E-state index in [1.807, 2.05) is 17.8 Å². The number of benzene rings is 1. The second-order valence-corrected chi connectivity index (χ2v) is 7.13. The lowest BCUT2D eigenvalue weighted by Crippen LogP contribution is -2.33. The topological polar surface area (TPSA) is 55.2 Å². The first-order valence-corrected chi connectivity index (χ1v) is 8.87. The van der Waals surface area contributed by atoms with E-state index in [1.165, 1.54) is 25.7 Å². The Kier molecular flexibility index (Phi) is 5.86. The molecule has 0 radical (unpaired) electrons. The van der Waals surface area contributed by atoms with Crippen LogP contribution in [-0.2, 0) is 6.54 Å². The second kappa shape index (κ2) is 7.43. The molecule has 0 bridgehead atoms.